The minimum Gasteiger partial charge on any atom is -0.449 e. The van der Waals surface area contributed by atoms with Gasteiger partial charge in [-0.15, -0.1) is 0 Å². The summed E-state index contributed by atoms with van der Waals surface area (Å²) < 4.78 is 7.51. The van der Waals surface area contributed by atoms with Crippen LogP contribution in [0.5, 0.6) is 0 Å². The predicted molar refractivity (Wildman–Crippen MR) is 175 cm³/mol. The molecule has 7 rings (SSSR count). The van der Waals surface area contributed by atoms with Crippen LogP contribution in [0.3, 0.4) is 0 Å². The van der Waals surface area contributed by atoms with E-state index in [2.05, 4.69) is 20.7 Å². The number of benzene rings is 3. The summed E-state index contributed by atoms with van der Waals surface area (Å²) in [5.41, 5.74) is 6.46. The van der Waals surface area contributed by atoms with Crippen LogP contribution >= 0.6 is 0 Å². The summed E-state index contributed by atoms with van der Waals surface area (Å²) in [6, 6.07) is 20.1. The lowest BCUT2D eigenvalue weighted by Gasteiger charge is -2.28. The number of ether oxygens (including phenoxy) is 1. The van der Waals surface area contributed by atoms with E-state index in [1.807, 2.05) is 86.1 Å². The molecule has 0 fully saturated rings. The van der Waals surface area contributed by atoms with Crippen molar-refractivity contribution in [2.24, 2.45) is 0 Å². The van der Waals surface area contributed by atoms with Gasteiger partial charge in [-0.2, -0.15) is 5.10 Å². The molecule has 10 nitrogen and oxygen atoms in total. The van der Waals surface area contributed by atoms with Gasteiger partial charge in [0.2, 0.25) is 5.91 Å². The van der Waals surface area contributed by atoms with Gasteiger partial charge >= 0.3 is 6.09 Å². The van der Waals surface area contributed by atoms with E-state index in [0.29, 0.717) is 23.3 Å². The average molecular weight is 605 g/mol. The van der Waals surface area contributed by atoms with Crippen molar-refractivity contribution in [3.63, 3.8) is 0 Å². The van der Waals surface area contributed by atoms with Crippen molar-refractivity contribution >= 4 is 34.1 Å². The zero-order valence-corrected chi connectivity index (χ0v) is 25.8. The van der Waals surface area contributed by atoms with Gasteiger partial charge in [-0.25, -0.2) is 4.79 Å². The average Bonchev–Trinajstić information content (AvgIpc) is 3.51. The Morgan fingerprint density at radius 2 is 1.87 bits per heavy atom. The third kappa shape index (κ3) is 6.04. The molecule has 3 N–H and O–H groups in total. The van der Waals surface area contributed by atoms with Crippen LogP contribution < -0.4 is 16.2 Å². The van der Waals surface area contributed by atoms with Gasteiger partial charge in [0.1, 0.15) is 6.04 Å². The number of hydrogen-bond donors (Lipinski definition) is 3. The number of aryl methyl sites for hydroxylation is 2. The summed E-state index contributed by atoms with van der Waals surface area (Å²) in [4.78, 5) is 44.1. The third-order valence-electron chi connectivity index (χ3n) is 8.38. The number of carbonyl (C=O) groups is 2. The molecule has 0 radical (unpaired) electrons. The molecule has 0 spiro atoms. The lowest BCUT2D eigenvalue weighted by atomic mass is 9.92. The quantitative estimate of drug-likeness (QED) is 0.225. The number of hydrogen-bond acceptors (Lipinski definition) is 6. The number of amides is 2. The number of likely N-dealkylation sites (N-methyl/N-ethyl adjacent to an activating group) is 1. The molecule has 2 aromatic heterocycles. The first-order valence-corrected chi connectivity index (χ1v) is 15.0. The van der Waals surface area contributed by atoms with Gasteiger partial charge in [-0.1, -0.05) is 37.3 Å². The Morgan fingerprint density at radius 1 is 1.02 bits per heavy atom. The molecule has 4 bridgehead atoms. The fourth-order valence-electron chi connectivity index (χ4n) is 6.02. The molecule has 0 unspecified atom stereocenters. The minimum absolute atomic E-state index is 0.0676. The van der Waals surface area contributed by atoms with E-state index in [0.717, 1.165) is 38.9 Å². The summed E-state index contributed by atoms with van der Waals surface area (Å²) in [5, 5.41) is 12.1. The van der Waals surface area contributed by atoms with Crippen molar-refractivity contribution in [1.82, 2.24) is 19.7 Å². The van der Waals surface area contributed by atoms with Gasteiger partial charge in [0.05, 0.1) is 12.3 Å². The van der Waals surface area contributed by atoms with E-state index < -0.39 is 12.1 Å². The molecule has 45 heavy (non-hydrogen) atoms. The van der Waals surface area contributed by atoms with Crippen molar-refractivity contribution in [1.29, 1.82) is 0 Å². The maximum Gasteiger partial charge on any atom is 0.411 e. The number of aromatic amines is 1. The van der Waals surface area contributed by atoms with Crippen molar-refractivity contribution in [2.75, 3.05) is 24.3 Å². The van der Waals surface area contributed by atoms with Crippen LogP contribution in [0.25, 0.3) is 22.0 Å². The smallest absolute Gasteiger partial charge is 0.411 e. The molecule has 4 heterocycles. The number of pyridine rings is 1. The minimum atomic E-state index is -0.741. The summed E-state index contributed by atoms with van der Waals surface area (Å²) in [7, 11) is 1.77. The lowest BCUT2D eigenvalue weighted by molar-refractivity contribution is -0.131. The monoisotopic (exact) mass is 604 g/mol. The maximum absolute atomic E-state index is 14.4. The number of fused-ring (bicyclic) bond motifs is 10. The fraction of sp³-hybridized carbons (Fsp3) is 0.257. The molecule has 0 saturated carbocycles. The van der Waals surface area contributed by atoms with Gasteiger partial charge in [-0.3, -0.25) is 19.6 Å². The van der Waals surface area contributed by atoms with E-state index in [9.17, 15) is 14.4 Å². The number of anilines is 2. The highest BCUT2D eigenvalue weighted by molar-refractivity contribution is 5.89. The summed E-state index contributed by atoms with van der Waals surface area (Å²) in [6.07, 6.45) is 2.83. The Labute approximate surface area is 261 Å². The molecule has 10 heteroatoms. The van der Waals surface area contributed by atoms with Gasteiger partial charge < -0.3 is 19.9 Å². The second-order valence-corrected chi connectivity index (χ2v) is 11.5. The number of H-pyrrole nitrogens is 1. The molecule has 2 amide bonds. The first-order valence-electron chi connectivity index (χ1n) is 15.0. The Morgan fingerprint density at radius 3 is 2.67 bits per heavy atom. The second-order valence-electron chi connectivity index (χ2n) is 11.5. The van der Waals surface area contributed by atoms with E-state index in [4.69, 9.17) is 4.74 Å². The molecule has 0 saturated heterocycles. The number of aromatic nitrogens is 3. The van der Waals surface area contributed by atoms with Crippen LogP contribution in [0.2, 0.25) is 0 Å². The first-order chi connectivity index (χ1) is 21.7. The second kappa shape index (κ2) is 12.3. The summed E-state index contributed by atoms with van der Waals surface area (Å²) in [5.74, 6) is -0.223. The molecule has 5 aromatic rings. The fourth-order valence-corrected chi connectivity index (χ4v) is 6.02. The Hall–Kier alpha value is -5.38. The topological polar surface area (TPSA) is 121 Å². The van der Waals surface area contributed by atoms with E-state index >= 15 is 0 Å². The predicted octanol–water partition coefficient (Wildman–Crippen LogP) is 6.20. The van der Waals surface area contributed by atoms with Crippen LogP contribution in [0.15, 0.2) is 83.9 Å². The highest BCUT2D eigenvalue weighted by atomic mass is 16.5. The zero-order chi connectivity index (χ0) is 31.7. The molecule has 2 aliphatic heterocycles. The normalized spacial score (nSPS) is 17.3. The van der Waals surface area contributed by atoms with Crippen LogP contribution in [-0.4, -0.2) is 45.3 Å². The van der Waals surface area contributed by atoms with Gasteiger partial charge in [0.25, 0.3) is 5.56 Å². The molecule has 3 aromatic carbocycles. The van der Waals surface area contributed by atoms with Crippen molar-refractivity contribution in [3.8, 4) is 11.3 Å². The third-order valence-corrected chi connectivity index (χ3v) is 8.38. The van der Waals surface area contributed by atoms with Crippen molar-refractivity contribution in [2.45, 2.75) is 45.8 Å². The molecular formula is C35H36N6O4. The number of carbonyl (C=O) groups excluding carboxylic acids is 2. The van der Waals surface area contributed by atoms with E-state index in [-0.39, 0.29) is 30.5 Å². The number of nitrogens with one attached hydrogen (secondary N) is 3. The lowest BCUT2D eigenvalue weighted by Crippen LogP contribution is -2.35. The number of nitrogens with zero attached hydrogens (tertiary/aromatic N) is 3. The van der Waals surface area contributed by atoms with Gasteiger partial charge in [0, 0.05) is 60.8 Å². The van der Waals surface area contributed by atoms with E-state index in [1.54, 1.807) is 30.4 Å². The van der Waals surface area contributed by atoms with Gasteiger partial charge in [-0.05, 0) is 77.9 Å². The van der Waals surface area contributed by atoms with Crippen LogP contribution in [0, 0.1) is 6.92 Å². The maximum atomic E-state index is 14.4. The van der Waals surface area contributed by atoms with Crippen LogP contribution in [-0.2, 0) is 22.6 Å². The summed E-state index contributed by atoms with van der Waals surface area (Å²) in [6.45, 7) is 7.15. The van der Waals surface area contributed by atoms with Crippen LogP contribution in [0.1, 0.15) is 48.1 Å². The standard InChI is InChI=1S/C35H36N6O4/c1-5-41-31(13-15-37-41)29-11-9-26-17-25(29)19-40(4)34(43)32(38-27-8-6-23-12-14-36-33(42)30(23)18-27)24-7-10-28(21(2)16-24)22(3)20-45-35(44)39-26/h6-18,22,32,38H,5,19-20H2,1-4H3,(H,36,42)(H,39,44)/t22-,32+/m0/s1. The molecular weight excluding hydrogens is 568 g/mol. The highest BCUT2D eigenvalue weighted by Gasteiger charge is 2.27. The SMILES string of the molecule is CCn1nccc1-c1ccc2cc1CN(C)C(=O)[C@H](Nc1ccc3cc[nH]c(=O)c3c1)c1ccc(c(C)c1)[C@@H](C)COC(=O)N2. The first kappa shape index (κ1) is 29.7. The largest absolute Gasteiger partial charge is 0.449 e. The Kier molecular flexibility index (Phi) is 8.12. The van der Waals surface area contributed by atoms with Crippen molar-refractivity contribution < 1.29 is 14.3 Å². The highest BCUT2D eigenvalue weighted by Crippen LogP contribution is 2.31. The Balaban J connectivity index is 1.44. The Bertz CT molecular complexity index is 1960. The van der Waals surface area contributed by atoms with Gasteiger partial charge in [0.15, 0.2) is 0 Å². The van der Waals surface area contributed by atoms with Crippen molar-refractivity contribution in [3.05, 3.63) is 112 Å². The molecule has 2 atom stereocenters. The molecule has 2 aliphatic rings. The van der Waals surface area contributed by atoms with E-state index in [1.165, 1.54) is 0 Å². The number of rotatable bonds is 4. The van der Waals surface area contributed by atoms with Crippen LogP contribution in [0.4, 0.5) is 16.2 Å². The molecule has 230 valence electrons. The zero-order valence-electron chi connectivity index (χ0n) is 25.8. The summed E-state index contributed by atoms with van der Waals surface area (Å²) >= 11 is 0. The molecule has 0 aliphatic carbocycles.